The fourth-order valence-electron chi connectivity index (χ4n) is 2.72. The van der Waals surface area contributed by atoms with E-state index < -0.39 is 43.5 Å². The molecule has 2 aromatic carbocycles. The molecule has 0 spiro atoms. The minimum atomic E-state index is -4.81. The fourth-order valence-corrected chi connectivity index (χ4v) is 3.66. The topological polar surface area (TPSA) is 139 Å². The second kappa shape index (κ2) is 7.28. The summed E-state index contributed by atoms with van der Waals surface area (Å²) in [5.41, 5.74) is 8.89. The summed E-state index contributed by atoms with van der Waals surface area (Å²) in [6, 6.07) is 12.7. The summed E-state index contributed by atoms with van der Waals surface area (Å²) in [7, 11) is 12.8. The number of carbonyl (C=O) groups is 2. The summed E-state index contributed by atoms with van der Waals surface area (Å²) in [6.45, 7) is 0. The maximum absolute atomic E-state index is 12.8. The predicted octanol–water partition coefficient (Wildman–Crippen LogP) is -0.672. The Morgan fingerprint density at radius 1 is 1.07 bits per heavy atom. The number of ether oxygens (including phenoxy) is 1. The average Bonchev–Trinajstić information content (AvgIpc) is 2.92. The number of ketones is 1. The molecule has 30 heavy (non-hydrogen) atoms. The molecule has 1 amide bonds. The first-order valence-corrected chi connectivity index (χ1v) is 9.81. The van der Waals surface area contributed by atoms with Gasteiger partial charge in [-0.3, -0.25) is 9.59 Å². The Morgan fingerprint density at radius 2 is 1.63 bits per heavy atom. The van der Waals surface area contributed by atoms with E-state index in [0.29, 0.717) is 0 Å². The molecule has 8 nitrogen and oxygen atoms in total. The molecule has 1 aliphatic heterocycles. The van der Waals surface area contributed by atoms with E-state index in [0.717, 1.165) is 0 Å². The highest BCUT2D eigenvalue weighted by Crippen LogP contribution is 2.37. The van der Waals surface area contributed by atoms with Gasteiger partial charge in [-0.15, -0.1) is 0 Å². The van der Waals surface area contributed by atoms with E-state index in [1.54, 1.807) is 6.07 Å². The van der Waals surface area contributed by atoms with E-state index in [1.165, 1.54) is 48.5 Å². The van der Waals surface area contributed by atoms with Crippen LogP contribution in [0.3, 0.4) is 0 Å². The Labute approximate surface area is 177 Å². The van der Waals surface area contributed by atoms with Crippen LogP contribution in [0.5, 0.6) is 0 Å². The second-order valence-electron chi connectivity index (χ2n) is 6.50. The largest absolute Gasteiger partial charge is 0.467 e. The van der Waals surface area contributed by atoms with Gasteiger partial charge < -0.3 is 20.4 Å². The van der Waals surface area contributed by atoms with Gasteiger partial charge in [0.15, 0.2) is 5.50 Å². The van der Waals surface area contributed by atoms with E-state index in [2.05, 4.69) is 0 Å². The van der Waals surface area contributed by atoms with Crippen molar-refractivity contribution in [1.82, 2.24) is 0 Å². The summed E-state index contributed by atoms with van der Waals surface area (Å²) in [4.78, 5) is 24.1. The van der Waals surface area contributed by atoms with Crippen LogP contribution in [0.25, 0.3) is 0 Å². The van der Waals surface area contributed by atoms with Crippen molar-refractivity contribution in [3.05, 3.63) is 82.9 Å². The zero-order chi connectivity index (χ0) is 22.3. The van der Waals surface area contributed by atoms with Crippen LogP contribution in [0, 0.1) is 0 Å². The monoisotopic (exact) mass is 418 g/mol. The maximum Gasteiger partial charge on any atom is 0.302 e. The van der Waals surface area contributed by atoms with Gasteiger partial charge in [-0.2, -0.15) is 8.42 Å². The third-order valence-corrected chi connectivity index (χ3v) is 5.92. The molecular formula is C18H13B3N2O6S. The van der Waals surface area contributed by atoms with Gasteiger partial charge in [-0.25, -0.2) is 0 Å². The van der Waals surface area contributed by atoms with Crippen LogP contribution >= 0.6 is 0 Å². The normalized spacial score (nSPS) is 19.4. The summed E-state index contributed by atoms with van der Waals surface area (Å²) in [6.07, 6.45) is 0. The lowest BCUT2D eigenvalue weighted by Crippen LogP contribution is -2.40. The highest BCUT2D eigenvalue weighted by molar-refractivity contribution is 7.90. The molecule has 1 heterocycles. The molecule has 12 heteroatoms. The van der Waals surface area contributed by atoms with Crippen molar-refractivity contribution < 1.29 is 26.9 Å². The smallest absolute Gasteiger partial charge is 0.302 e. The number of amides is 1. The van der Waals surface area contributed by atoms with Gasteiger partial charge in [0.1, 0.15) is 7.85 Å². The summed E-state index contributed by atoms with van der Waals surface area (Å²) < 4.78 is 33.0. The molecule has 0 fully saturated rings. The van der Waals surface area contributed by atoms with Crippen LogP contribution in [0.1, 0.15) is 21.5 Å². The number of hydrogen-bond donors (Lipinski definition) is 2. The van der Waals surface area contributed by atoms with Crippen LogP contribution in [0.2, 0.25) is 0 Å². The Bertz CT molecular complexity index is 1150. The zero-order valence-corrected chi connectivity index (χ0v) is 16.3. The number of carbonyl (C=O) groups excluding carboxylic acids is 2. The molecule has 2 aromatic rings. The quantitative estimate of drug-likeness (QED) is 0.469. The second-order valence-corrected chi connectivity index (χ2v) is 8.25. The Balaban J connectivity index is 1.91. The minimum absolute atomic E-state index is 0.0107. The molecule has 0 saturated carbocycles. The van der Waals surface area contributed by atoms with Crippen LogP contribution in [-0.4, -0.2) is 43.6 Å². The van der Waals surface area contributed by atoms with Crippen LogP contribution in [0.4, 0.5) is 0 Å². The molecule has 3 rings (SSSR count). The number of hydrogen-bond acceptors (Lipinski definition) is 7. The molecule has 0 aromatic heterocycles. The molecule has 1 atom stereocenters. The Hall–Kier alpha value is -3.14. The molecule has 4 N–H and O–H groups in total. The Kier molecular flexibility index (Phi) is 5.24. The summed E-state index contributed by atoms with van der Waals surface area (Å²) in [5.74, 6) is -3.32. The Morgan fingerprint density at radius 3 is 2.17 bits per heavy atom. The zero-order valence-electron chi connectivity index (χ0n) is 15.4. The molecule has 0 bridgehead atoms. The van der Waals surface area contributed by atoms with Crippen molar-refractivity contribution in [2.45, 2.75) is 10.0 Å². The minimum Gasteiger partial charge on any atom is -0.467 e. The lowest BCUT2D eigenvalue weighted by atomic mass is 9.65. The van der Waals surface area contributed by atoms with Crippen molar-refractivity contribution in [3.63, 3.8) is 0 Å². The van der Waals surface area contributed by atoms with E-state index in [4.69, 9.17) is 43.9 Å². The van der Waals surface area contributed by atoms with E-state index in [-0.39, 0.29) is 16.7 Å². The number of rotatable bonds is 6. The summed E-state index contributed by atoms with van der Waals surface area (Å²) in [5, 5.41) is 0. The van der Waals surface area contributed by atoms with Crippen molar-refractivity contribution in [2.24, 2.45) is 11.5 Å². The van der Waals surface area contributed by atoms with Crippen LogP contribution < -0.4 is 11.5 Å². The van der Waals surface area contributed by atoms with E-state index >= 15 is 0 Å². The number of benzene rings is 2. The molecule has 0 aliphatic carbocycles. The summed E-state index contributed by atoms with van der Waals surface area (Å²) >= 11 is 0. The first kappa shape index (κ1) is 21.6. The van der Waals surface area contributed by atoms with Gasteiger partial charge in [-0.1, -0.05) is 42.5 Å². The van der Waals surface area contributed by atoms with E-state index in [1.807, 2.05) is 0 Å². The molecular weight excluding hydrogens is 405 g/mol. The van der Waals surface area contributed by atoms with Crippen LogP contribution in [0.15, 0.2) is 66.2 Å². The van der Waals surface area contributed by atoms with Gasteiger partial charge >= 0.3 is 10.1 Å². The number of primary amides is 1. The lowest BCUT2D eigenvalue weighted by Gasteiger charge is -2.26. The van der Waals surface area contributed by atoms with Gasteiger partial charge in [0.2, 0.25) is 23.3 Å². The van der Waals surface area contributed by atoms with Crippen molar-refractivity contribution in [2.75, 3.05) is 0 Å². The molecule has 146 valence electrons. The standard InChI is InChI=1S/C18H13B3N2O6S/c19-17(11-8-6-10(7-9-11)15(22)25)14(24)13(16(23)28-17)29-30(26,27)18(20,21)12-4-2-1-3-5-12/h1-9H,23H2,(H2,22,25)/t17-/m0/s1. The van der Waals surface area contributed by atoms with Gasteiger partial charge in [0.05, 0.1) is 20.2 Å². The highest BCUT2D eigenvalue weighted by atomic mass is 32.2. The third-order valence-electron chi connectivity index (χ3n) is 4.47. The molecule has 0 unspecified atom stereocenters. The lowest BCUT2D eigenvalue weighted by molar-refractivity contribution is -0.126. The SMILES string of the molecule is [B]C([B])(c1ccccc1)S(=O)(=O)OC1=C(N)O[C@@]([B])(c2ccc(C(N)=O)cc2)C1=O. The molecule has 1 aliphatic rings. The number of Topliss-reactive ketones (excluding diaryl/α,β-unsaturated/α-hetero) is 1. The van der Waals surface area contributed by atoms with Crippen LogP contribution in [-0.2, 0) is 33.9 Å². The van der Waals surface area contributed by atoms with E-state index in [9.17, 15) is 18.0 Å². The molecule has 0 saturated heterocycles. The fraction of sp³-hybridized carbons (Fsp3) is 0.111. The highest BCUT2D eigenvalue weighted by Gasteiger charge is 2.50. The van der Waals surface area contributed by atoms with Gasteiger partial charge in [0, 0.05) is 5.56 Å². The predicted molar refractivity (Wildman–Crippen MR) is 109 cm³/mol. The number of nitrogens with two attached hydrogens (primary N) is 2. The van der Waals surface area contributed by atoms with Crippen molar-refractivity contribution in [3.8, 4) is 0 Å². The van der Waals surface area contributed by atoms with Gasteiger partial charge in [0.25, 0.3) is 0 Å². The molecule has 6 radical (unpaired) electrons. The first-order valence-electron chi connectivity index (χ1n) is 8.40. The average molecular weight is 418 g/mol. The van der Waals surface area contributed by atoms with Crippen molar-refractivity contribution >= 4 is 45.3 Å². The first-order chi connectivity index (χ1) is 13.9. The van der Waals surface area contributed by atoms with Gasteiger partial charge in [-0.05, 0) is 23.3 Å². The van der Waals surface area contributed by atoms with Crippen molar-refractivity contribution in [1.29, 1.82) is 0 Å². The maximum atomic E-state index is 12.8. The third kappa shape index (κ3) is 3.47.